The van der Waals surface area contributed by atoms with Crippen LogP contribution in [0.4, 0.5) is 11.4 Å². The van der Waals surface area contributed by atoms with Crippen molar-refractivity contribution in [1.82, 2.24) is 0 Å². The number of rotatable bonds is 5. The van der Waals surface area contributed by atoms with E-state index >= 15 is 0 Å². The highest BCUT2D eigenvalue weighted by Gasteiger charge is 2.10. The maximum Gasteiger partial charge on any atom is 0.228 e. The quantitative estimate of drug-likeness (QED) is 0.645. The summed E-state index contributed by atoms with van der Waals surface area (Å²) in [5, 5.41) is 5.97. The summed E-state index contributed by atoms with van der Waals surface area (Å²) in [4.78, 5) is 23.7. The first kappa shape index (κ1) is 18.7. The van der Waals surface area contributed by atoms with Crippen LogP contribution < -0.4 is 10.6 Å². The average Bonchev–Trinajstić information content (AvgIpc) is 2.65. The summed E-state index contributed by atoms with van der Waals surface area (Å²) in [6, 6.07) is 22.9. The molecule has 0 saturated heterocycles. The number of anilines is 2. The molecule has 3 aromatic carbocycles. The topological polar surface area (TPSA) is 58.2 Å². The van der Waals surface area contributed by atoms with Crippen LogP contribution in [0, 0.1) is 0 Å². The second-order valence-electron chi connectivity index (χ2n) is 6.16. The summed E-state index contributed by atoms with van der Waals surface area (Å²) in [6.07, 6.45) is 0.223. The molecule has 0 aliphatic rings. The van der Waals surface area contributed by atoms with Gasteiger partial charge in [-0.15, -0.1) is 0 Å². The Kier molecular flexibility index (Phi) is 5.89. The van der Waals surface area contributed by atoms with Crippen molar-refractivity contribution in [2.45, 2.75) is 13.3 Å². The molecule has 0 aliphatic heterocycles. The molecule has 2 amide bonds. The van der Waals surface area contributed by atoms with E-state index in [1.54, 1.807) is 18.2 Å². The van der Waals surface area contributed by atoms with Gasteiger partial charge in [-0.05, 0) is 34.9 Å². The molecule has 0 spiro atoms. The molecular formula is C22H19ClN2O2. The molecule has 27 heavy (non-hydrogen) atoms. The smallest absolute Gasteiger partial charge is 0.228 e. The SMILES string of the molecule is CC(=O)Nc1ccc(Cl)cc1NC(=O)Cc1ccc(-c2ccccc2)cc1. The van der Waals surface area contributed by atoms with E-state index in [1.807, 2.05) is 54.6 Å². The van der Waals surface area contributed by atoms with Crippen molar-refractivity contribution in [1.29, 1.82) is 0 Å². The Morgan fingerprint density at radius 3 is 2.15 bits per heavy atom. The number of amides is 2. The molecule has 2 N–H and O–H groups in total. The first-order chi connectivity index (χ1) is 13.0. The Labute approximate surface area is 163 Å². The van der Waals surface area contributed by atoms with Crippen LogP contribution in [0.1, 0.15) is 12.5 Å². The van der Waals surface area contributed by atoms with Crippen LogP contribution in [-0.4, -0.2) is 11.8 Å². The van der Waals surface area contributed by atoms with Gasteiger partial charge in [0.05, 0.1) is 17.8 Å². The zero-order valence-corrected chi connectivity index (χ0v) is 15.6. The fourth-order valence-electron chi connectivity index (χ4n) is 2.74. The van der Waals surface area contributed by atoms with Crippen LogP contribution >= 0.6 is 11.6 Å². The third-order valence-corrected chi connectivity index (χ3v) is 4.23. The van der Waals surface area contributed by atoms with Crippen LogP contribution in [0.15, 0.2) is 72.8 Å². The van der Waals surface area contributed by atoms with E-state index in [0.717, 1.165) is 16.7 Å². The standard InChI is InChI=1S/C22H19ClN2O2/c1-15(26)24-20-12-11-19(23)14-21(20)25-22(27)13-16-7-9-18(10-8-16)17-5-3-2-4-6-17/h2-12,14H,13H2,1H3,(H,24,26)(H,25,27). The van der Waals surface area contributed by atoms with E-state index in [9.17, 15) is 9.59 Å². The Balaban J connectivity index is 1.69. The lowest BCUT2D eigenvalue weighted by Crippen LogP contribution is -2.16. The van der Waals surface area contributed by atoms with Gasteiger partial charge in [0.1, 0.15) is 0 Å². The highest BCUT2D eigenvalue weighted by molar-refractivity contribution is 6.31. The predicted molar refractivity (Wildman–Crippen MR) is 110 cm³/mol. The Morgan fingerprint density at radius 2 is 1.48 bits per heavy atom. The van der Waals surface area contributed by atoms with Crippen molar-refractivity contribution in [3.63, 3.8) is 0 Å². The molecule has 0 saturated carbocycles. The molecule has 0 atom stereocenters. The van der Waals surface area contributed by atoms with E-state index < -0.39 is 0 Å². The Bertz CT molecular complexity index is 954. The maximum atomic E-state index is 12.4. The van der Waals surface area contributed by atoms with Crippen LogP contribution in [0.2, 0.25) is 5.02 Å². The molecule has 0 fully saturated rings. The summed E-state index contributed by atoms with van der Waals surface area (Å²) in [6.45, 7) is 1.41. The number of hydrogen-bond donors (Lipinski definition) is 2. The largest absolute Gasteiger partial charge is 0.325 e. The van der Waals surface area contributed by atoms with Gasteiger partial charge in [-0.3, -0.25) is 9.59 Å². The number of nitrogens with one attached hydrogen (secondary N) is 2. The number of benzene rings is 3. The van der Waals surface area contributed by atoms with E-state index in [1.165, 1.54) is 6.92 Å². The lowest BCUT2D eigenvalue weighted by atomic mass is 10.0. The van der Waals surface area contributed by atoms with Gasteiger partial charge in [0, 0.05) is 11.9 Å². The Morgan fingerprint density at radius 1 is 0.815 bits per heavy atom. The molecule has 3 rings (SSSR count). The van der Waals surface area contributed by atoms with Gasteiger partial charge in [0.15, 0.2) is 0 Å². The van der Waals surface area contributed by atoms with Crippen LogP contribution in [0.25, 0.3) is 11.1 Å². The molecule has 0 unspecified atom stereocenters. The second-order valence-corrected chi connectivity index (χ2v) is 6.60. The van der Waals surface area contributed by atoms with Crippen LogP contribution in [-0.2, 0) is 16.0 Å². The minimum absolute atomic E-state index is 0.184. The average molecular weight is 379 g/mol. The number of carbonyl (C=O) groups excluding carboxylic acids is 2. The van der Waals surface area contributed by atoms with Crippen LogP contribution in [0.3, 0.4) is 0 Å². The highest BCUT2D eigenvalue weighted by Crippen LogP contribution is 2.26. The molecule has 4 nitrogen and oxygen atoms in total. The number of carbonyl (C=O) groups is 2. The van der Waals surface area contributed by atoms with Gasteiger partial charge in [0.2, 0.25) is 11.8 Å². The van der Waals surface area contributed by atoms with E-state index in [-0.39, 0.29) is 18.2 Å². The second kappa shape index (κ2) is 8.52. The molecular weight excluding hydrogens is 360 g/mol. The normalized spacial score (nSPS) is 10.3. The molecule has 5 heteroatoms. The van der Waals surface area contributed by atoms with Gasteiger partial charge in [-0.25, -0.2) is 0 Å². The van der Waals surface area contributed by atoms with Crippen molar-refractivity contribution in [2.24, 2.45) is 0 Å². The zero-order valence-electron chi connectivity index (χ0n) is 14.8. The monoisotopic (exact) mass is 378 g/mol. The molecule has 0 aliphatic carbocycles. The summed E-state index contributed by atoms with van der Waals surface area (Å²) < 4.78 is 0. The first-order valence-electron chi connectivity index (χ1n) is 8.52. The summed E-state index contributed by atoms with van der Waals surface area (Å²) >= 11 is 6.01. The van der Waals surface area contributed by atoms with Gasteiger partial charge in [-0.1, -0.05) is 66.2 Å². The Hall–Kier alpha value is -3.11. The zero-order chi connectivity index (χ0) is 19.2. The van der Waals surface area contributed by atoms with Crippen LogP contribution in [0.5, 0.6) is 0 Å². The van der Waals surface area contributed by atoms with Gasteiger partial charge in [0.25, 0.3) is 0 Å². The molecule has 136 valence electrons. The molecule has 0 radical (unpaired) electrons. The third-order valence-electron chi connectivity index (χ3n) is 3.99. The minimum Gasteiger partial charge on any atom is -0.325 e. The number of hydrogen-bond acceptors (Lipinski definition) is 2. The summed E-state index contributed by atoms with van der Waals surface area (Å²) in [5.41, 5.74) is 4.12. The lowest BCUT2D eigenvalue weighted by molar-refractivity contribution is -0.116. The fourth-order valence-corrected chi connectivity index (χ4v) is 2.92. The van der Waals surface area contributed by atoms with Gasteiger partial charge in [-0.2, -0.15) is 0 Å². The molecule has 0 aromatic heterocycles. The van der Waals surface area contributed by atoms with Crippen molar-refractivity contribution in [2.75, 3.05) is 10.6 Å². The van der Waals surface area contributed by atoms with Crippen molar-refractivity contribution in [3.8, 4) is 11.1 Å². The van der Waals surface area contributed by atoms with Crippen molar-refractivity contribution < 1.29 is 9.59 Å². The van der Waals surface area contributed by atoms with Gasteiger partial charge >= 0.3 is 0 Å². The van der Waals surface area contributed by atoms with E-state index in [2.05, 4.69) is 10.6 Å². The summed E-state index contributed by atoms with van der Waals surface area (Å²) in [7, 11) is 0. The maximum absolute atomic E-state index is 12.4. The third kappa shape index (κ3) is 5.19. The molecule has 3 aromatic rings. The van der Waals surface area contributed by atoms with Crippen molar-refractivity contribution >= 4 is 34.8 Å². The highest BCUT2D eigenvalue weighted by atomic mass is 35.5. The minimum atomic E-state index is -0.218. The summed E-state index contributed by atoms with van der Waals surface area (Å²) in [5.74, 6) is -0.402. The van der Waals surface area contributed by atoms with E-state index in [4.69, 9.17) is 11.6 Å². The fraction of sp³-hybridized carbons (Fsp3) is 0.0909. The molecule has 0 bridgehead atoms. The van der Waals surface area contributed by atoms with Crippen molar-refractivity contribution in [3.05, 3.63) is 83.4 Å². The predicted octanol–water partition coefficient (Wildman–Crippen LogP) is 5.15. The lowest BCUT2D eigenvalue weighted by Gasteiger charge is -2.12. The van der Waals surface area contributed by atoms with E-state index in [0.29, 0.717) is 16.4 Å². The first-order valence-corrected chi connectivity index (χ1v) is 8.90. The van der Waals surface area contributed by atoms with Gasteiger partial charge < -0.3 is 10.6 Å². The number of halogens is 1. The molecule has 0 heterocycles.